The van der Waals surface area contributed by atoms with Gasteiger partial charge in [0.2, 0.25) is 0 Å². The first kappa shape index (κ1) is 4.39. The minimum atomic E-state index is 0.704. The zero-order chi connectivity index (χ0) is 5.40. The van der Waals surface area contributed by atoms with Crippen LogP contribution >= 0.6 is 0 Å². The van der Waals surface area contributed by atoms with E-state index in [1.54, 1.807) is 0 Å². The van der Waals surface area contributed by atoms with Gasteiger partial charge in [-0.15, -0.1) is 0 Å². The van der Waals surface area contributed by atoms with Gasteiger partial charge in [0.25, 0.3) is 0 Å². The Bertz CT molecular complexity index is 130. The van der Waals surface area contributed by atoms with Crippen LogP contribution in [0.5, 0.6) is 0 Å². The second-order valence-corrected chi connectivity index (χ2v) is 2.33. The minimum absolute atomic E-state index is 0.704. The van der Waals surface area contributed by atoms with Crippen molar-refractivity contribution in [1.29, 1.82) is 0 Å². The molecule has 0 aromatic rings. The van der Waals surface area contributed by atoms with Gasteiger partial charge in [-0.2, -0.15) is 5.48 Å². The third-order valence-corrected chi connectivity index (χ3v) is 1.78. The highest BCUT2D eigenvalue weighted by Gasteiger charge is 2.25. The second kappa shape index (κ2) is 1.49. The van der Waals surface area contributed by atoms with E-state index in [9.17, 15) is 0 Å². The van der Waals surface area contributed by atoms with Crippen LogP contribution in [0.25, 0.3) is 0 Å². The van der Waals surface area contributed by atoms with E-state index < -0.39 is 0 Å². The Kier molecular flexibility index (Phi) is 0.815. The van der Waals surface area contributed by atoms with E-state index in [1.165, 1.54) is 18.6 Å². The first-order chi connectivity index (χ1) is 3.97. The highest BCUT2D eigenvalue weighted by Crippen LogP contribution is 2.28. The molecule has 1 atom stereocenters. The molecule has 8 heavy (non-hydrogen) atoms. The smallest absolute Gasteiger partial charge is 0.124 e. The normalized spacial score (nSPS) is 34.0. The number of nitrogens with one attached hydrogen (secondary N) is 1. The molecule has 2 heteroatoms. The maximum Gasteiger partial charge on any atom is 0.124 e. The molecule has 2 rings (SSSR count). The fourth-order valence-electron chi connectivity index (χ4n) is 1.29. The second-order valence-electron chi connectivity index (χ2n) is 2.33. The molecule has 0 spiro atoms. The number of hydrogen-bond acceptors (Lipinski definition) is 2. The Balaban J connectivity index is 2.20. The highest BCUT2D eigenvalue weighted by molar-refractivity contribution is 5.08. The lowest BCUT2D eigenvalue weighted by atomic mass is 10.1. The van der Waals surface area contributed by atoms with Gasteiger partial charge in [-0.1, -0.05) is 0 Å². The summed E-state index contributed by atoms with van der Waals surface area (Å²) in [6, 6.07) is 0. The Morgan fingerprint density at radius 2 is 2.75 bits per heavy atom. The van der Waals surface area contributed by atoms with Gasteiger partial charge in [0.1, 0.15) is 5.76 Å². The Morgan fingerprint density at radius 3 is 3.62 bits per heavy atom. The number of hydroxylamine groups is 1. The van der Waals surface area contributed by atoms with Crippen LogP contribution < -0.4 is 5.48 Å². The quantitative estimate of drug-likeness (QED) is 0.499. The molecule has 1 heterocycles. The zero-order valence-corrected chi connectivity index (χ0v) is 4.68. The van der Waals surface area contributed by atoms with Crippen molar-refractivity contribution in [3.63, 3.8) is 0 Å². The van der Waals surface area contributed by atoms with Crippen LogP contribution in [0.1, 0.15) is 12.8 Å². The Labute approximate surface area is 48.5 Å². The number of hydrogen-bond donors (Lipinski definition) is 1. The summed E-state index contributed by atoms with van der Waals surface area (Å²) in [7, 11) is 0. The largest absolute Gasteiger partial charge is 0.413 e. The summed E-state index contributed by atoms with van der Waals surface area (Å²) in [6.07, 6.45) is 4.66. The van der Waals surface area contributed by atoms with Gasteiger partial charge in [0.05, 0.1) is 0 Å². The van der Waals surface area contributed by atoms with Crippen molar-refractivity contribution in [1.82, 2.24) is 5.48 Å². The summed E-state index contributed by atoms with van der Waals surface area (Å²) in [4.78, 5) is 5.09. The van der Waals surface area contributed by atoms with E-state index in [1.807, 2.05) is 0 Å². The molecule has 0 amide bonds. The van der Waals surface area contributed by atoms with Crippen LogP contribution in [0.15, 0.2) is 11.8 Å². The van der Waals surface area contributed by atoms with E-state index >= 15 is 0 Å². The predicted molar refractivity (Wildman–Crippen MR) is 29.9 cm³/mol. The fraction of sp³-hybridized carbons (Fsp3) is 0.667. The van der Waals surface area contributed by atoms with Crippen molar-refractivity contribution >= 4 is 0 Å². The van der Waals surface area contributed by atoms with Crippen LogP contribution in [0.4, 0.5) is 0 Å². The standard InChI is InChI=1S/C6H9NO/c1-2-5-4-7-8-6(5)3-1/h3,5,7H,1-2,4H2. The van der Waals surface area contributed by atoms with Crippen molar-refractivity contribution in [3.8, 4) is 0 Å². The first-order valence-electron chi connectivity index (χ1n) is 3.06. The van der Waals surface area contributed by atoms with Crippen LogP contribution in [0.2, 0.25) is 0 Å². The lowest BCUT2D eigenvalue weighted by molar-refractivity contribution is 0.155. The molecule has 1 N–H and O–H groups in total. The summed E-state index contributed by atoms with van der Waals surface area (Å²) < 4.78 is 0. The van der Waals surface area contributed by atoms with E-state index in [2.05, 4.69) is 11.6 Å². The van der Waals surface area contributed by atoms with Crippen molar-refractivity contribution in [3.05, 3.63) is 11.8 Å². The lowest BCUT2D eigenvalue weighted by Gasteiger charge is -1.93. The molecule has 2 nitrogen and oxygen atoms in total. The summed E-state index contributed by atoms with van der Waals surface area (Å²) in [5.41, 5.74) is 2.86. The third kappa shape index (κ3) is 0.464. The molecule has 1 unspecified atom stereocenters. The summed E-state index contributed by atoms with van der Waals surface area (Å²) >= 11 is 0. The molecule has 0 radical (unpaired) electrons. The topological polar surface area (TPSA) is 21.3 Å². The van der Waals surface area contributed by atoms with E-state index in [-0.39, 0.29) is 0 Å². The molecule has 0 saturated carbocycles. The van der Waals surface area contributed by atoms with E-state index in [0.717, 1.165) is 6.54 Å². The molecule has 0 aromatic heterocycles. The minimum Gasteiger partial charge on any atom is -0.413 e. The van der Waals surface area contributed by atoms with Gasteiger partial charge in [-0.3, -0.25) is 0 Å². The average Bonchev–Trinajstić information content (AvgIpc) is 2.15. The summed E-state index contributed by atoms with van der Waals surface area (Å²) in [5, 5.41) is 0. The van der Waals surface area contributed by atoms with Crippen LogP contribution in [-0.4, -0.2) is 6.54 Å². The third-order valence-electron chi connectivity index (χ3n) is 1.78. The first-order valence-corrected chi connectivity index (χ1v) is 3.06. The van der Waals surface area contributed by atoms with Gasteiger partial charge >= 0.3 is 0 Å². The highest BCUT2D eigenvalue weighted by atomic mass is 16.7. The monoisotopic (exact) mass is 111 g/mol. The van der Waals surface area contributed by atoms with Gasteiger partial charge in [0, 0.05) is 12.5 Å². The zero-order valence-electron chi connectivity index (χ0n) is 4.68. The lowest BCUT2D eigenvalue weighted by Crippen LogP contribution is -2.06. The van der Waals surface area contributed by atoms with Crippen LogP contribution in [-0.2, 0) is 4.84 Å². The molecule has 2 aliphatic rings. The van der Waals surface area contributed by atoms with Gasteiger partial charge < -0.3 is 4.84 Å². The van der Waals surface area contributed by atoms with Gasteiger partial charge in [-0.05, 0) is 18.9 Å². The van der Waals surface area contributed by atoms with Gasteiger partial charge in [-0.25, -0.2) is 0 Å². The fourth-order valence-corrected chi connectivity index (χ4v) is 1.29. The molecular formula is C6H9NO. The number of fused-ring (bicyclic) bond motifs is 1. The van der Waals surface area contributed by atoms with Crippen molar-refractivity contribution in [2.24, 2.45) is 5.92 Å². The Morgan fingerprint density at radius 1 is 1.75 bits per heavy atom. The average molecular weight is 111 g/mol. The molecule has 1 aliphatic carbocycles. The van der Waals surface area contributed by atoms with Crippen molar-refractivity contribution in [2.75, 3.05) is 6.54 Å². The summed E-state index contributed by atoms with van der Waals surface area (Å²) in [6.45, 7) is 1.02. The SMILES string of the molecule is C1=C2ONCC2CC1. The molecule has 44 valence electrons. The van der Waals surface area contributed by atoms with Crippen molar-refractivity contribution in [2.45, 2.75) is 12.8 Å². The maximum absolute atomic E-state index is 5.09. The number of rotatable bonds is 0. The maximum atomic E-state index is 5.09. The molecule has 0 bridgehead atoms. The van der Waals surface area contributed by atoms with Gasteiger partial charge in [0.15, 0.2) is 0 Å². The molecule has 0 aromatic carbocycles. The molecule has 1 aliphatic heterocycles. The summed E-state index contributed by atoms with van der Waals surface area (Å²) in [5.74, 6) is 1.88. The Hall–Kier alpha value is -0.500. The van der Waals surface area contributed by atoms with Crippen molar-refractivity contribution < 1.29 is 4.84 Å². The number of allylic oxidation sites excluding steroid dienone is 1. The van der Waals surface area contributed by atoms with Crippen LogP contribution in [0.3, 0.4) is 0 Å². The molecule has 1 saturated heterocycles. The molecular weight excluding hydrogens is 102 g/mol. The van der Waals surface area contributed by atoms with Crippen LogP contribution in [0, 0.1) is 5.92 Å². The molecule has 1 fully saturated rings. The predicted octanol–water partition coefficient (Wildman–Crippen LogP) is 0.815. The van der Waals surface area contributed by atoms with E-state index in [0.29, 0.717) is 5.92 Å². The van der Waals surface area contributed by atoms with E-state index in [4.69, 9.17) is 4.84 Å².